The largest absolute Gasteiger partial charge is 0.394 e. The van der Waals surface area contributed by atoms with Crippen LogP contribution in [-0.4, -0.2) is 40.2 Å². The number of hydrogen-bond acceptors (Lipinski definition) is 4. The third kappa shape index (κ3) is 276. The molecule has 0 rings (SSSR count). The first-order valence-corrected chi connectivity index (χ1v) is 7.15. The van der Waals surface area contributed by atoms with Crippen molar-refractivity contribution < 1.29 is 37.0 Å². The number of hydrogen-bond donors (Lipinski definition) is 4. The van der Waals surface area contributed by atoms with Crippen molar-refractivity contribution in [3.63, 3.8) is 0 Å². The number of rotatable bonds is 4. The van der Waals surface area contributed by atoms with Crippen LogP contribution in [0.4, 0.5) is 0 Å². The first kappa shape index (κ1) is 32.5. The van der Waals surface area contributed by atoms with E-state index < -0.39 is 0 Å². The van der Waals surface area contributed by atoms with Gasteiger partial charge in [0.25, 0.3) is 0 Å². The van der Waals surface area contributed by atoms with Crippen LogP contribution in [0.3, 0.4) is 0 Å². The molecule has 0 aliphatic heterocycles. The predicted octanol–water partition coefficient (Wildman–Crippen LogP) is 2.50. The van der Waals surface area contributed by atoms with Gasteiger partial charge in [-0.25, -0.2) is 0 Å². The van der Waals surface area contributed by atoms with Gasteiger partial charge in [-0.05, 0) is 54.5 Å². The number of nitrogens with two attached hydrogens (primary N) is 1. The zero-order valence-corrected chi connectivity index (χ0v) is 16.0. The fourth-order valence-corrected chi connectivity index (χ4v) is 0.498. The Morgan fingerprint density at radius 3 is 1.15 bits per heavy atom. The quantitative estimate of drug-likeness (QED) is 0.363. The molecule has 0 aliphatic carbocycles. The molecule has 0 saturated heterocycles. The van der Waals surface area contributed by atoms with Gasteiger partial charge >= 0.3 is 0 Å². The number of aliphatic hydroxyl groups excluding tert-OH is 3. The fourth-order valence-electron chi connectivity index (χ4n) is 0.498. The fraction of sp³-hybridized carbons (Fsp3) is 0.933. The Hall–Kier alpha value is 0.554. The summed E-state index contributed by atoms with van der Waals surface area (Å²) in [5.41, 5.74) is 5.25. The molecule has 0 spiro atoms. The maximum Gasteiger partial charge on any atom is 0.0483 e. The van der Waals surface area contributed by atoms with Crippen LogP contribution in [0, 0.1) is 6.92 Å². The van der Waals surface area contributed by atoms with Crippen LogP contribution in [0.5, 0.6) is 0 Å². The van der Waals surface area contributed by atoms with Gasteiger partial charge in [0.2, 0.25) is 0 Å². The zero-order valence-electron chi connectivity index (χ0n) is 14.4. The molecule has 0 amide bonds. The summed E-state index contributed by atoms with van der Waals surface area (Å²) in [6.45, 7) is 14.9. The summed E-state index contributed by atoms with van der Waals surface area (Å²) in [5.74, 6) is 0. The third-order valence-corrected chi connectivity index (χ3v) is 0.954. The molecule has 0 unspecified atom stereocenters. The number of aliphatic hydroxyl groups is 3. The van der Waals surface area contributed by atoms with E-state index in [1.807, 2.05) is 0 Å². The van der Waals surface area contributed by atoms with Gasteiger partial charge in [0, 0.05) is 40.0 Å². The maximum absolute atomic E-state index is 8.06. The van der Waals surface area contributed by atoms with Crippen LogP contribution in [0.25, 0.3) is 0 Å². The van der Waals surface area contributed by atoms with E-state index in [1.165, 1.54) is 12.8 Å². The Balaban J connectivity index is -0.0000000512. The molecule has 0 bridgehead atoms. The van der Waals surface area contributed by atoms with Gasteiger partial charge in [0.05, 0.1) is 0 Å². The molecule has 0 fully saturated rings. The van der Waals surface area contributed by atoms with E-state index in [0.717, 1.165) is 19.4 Å². The van der Waals surface area contributed by atoms with Gasteiger partial charge in [-0.3, -0.25) is 0 Å². The van der Waals surface area contributed by atoms with Gasteiger partial charge < -0.3 is 28.0 Å². The molecule has 5 heteroatoms. The molecule has 0 saturated carbocycles. The standard InChI is InChI=1S/C6H14N.3C3H8O.Ti/c1-2-3-4-5-6-7;3*1-3(2)4;/h1-7H2;3*3-4H,1-2H3;/q-1;;;;. The first-order valence-electron chi connectivity index (χ1n) is 7.15. The van der Waals surface area contributed by atoms with Gasteiger partial charge in [0.15, 0.2) is 0 Å². The predicted molar refractivity (Wildman–Crippen MR) is 84.9 cm³/mol. The second kappa shape index (κ2) is 31.8. The van der Waals surface area contributed by atoms with E-state index in [9.17, 15) is 0 Å². The summed E-state index contributed by atoms with van der Waals surface area (Å²) in [6.07, 6.45) is 4.20. The first-order chi connectivity index (χ1) is 8.61. The third-order valence-electron chi connectivity index (χ3n) is 0.954. The molecule has 0 radical (unpaired) electrons. The monoisotopic (exact) mass is 328 g/mol. The van der Waals surface area contributed by atoms with Crippen molar-refractivity contribution in [2.45, 2.75) is 85.5 Å². The van der Waals surface area contributed by atoms with Gasteiger partial charge in [-0.15, -0.1) is 0 Å². The molecular weight excluding hydrogens is 290 g/mol. The summed E-state index contributed by atoms with van der Waals surface area (Å²) in [4.78, 5) is 0. The normalized spacial score (nSPS) is 8.70. The minimum atomic E-state index is -0.167. The van der Waals surface area contributed by atoms with Crippen LogP contribution in [0.1, 0.15) is 67.2 Å². The van der Waals surface area contributed by atoms with Crippen molar-refractivity contribution in [2.75, 3.05) is 6.54 Å². The van der Waals surface area contributed by atoms with Gasteiger partial charge in [-0.2, -0.15) is 6.42 Å². The molecule has 5 N–H and O–H groups in total. The second-order valence-electron chi connectivity index (χ2n) is 4.98. The molecule has 20 heavy (non-hydrogen) atoms. The molecule has 0 aromatic carbocycles. The average molecular weight is 328 g/mol. The Morgan fingerprint density at radius 2 is 1.00 bits per heavy atom. The van der Waals surface area contributed by atoms with Crippen molar-refractivity contribution in [2.24, 2.45) is 5.73 Å². The zero-order chi connectivity index (χ0) is 16.3. The SMILES string of the molecule is CC(C)O.CC(C)O.CC(C)O.[CH2-]CCCCCN.[Ti]. The number of unbranched alkanes of at least 4 members (excludes halogenated alkanes) is 3. The smallest absolute Gasteiger partial charge is 0.0483 e. The molecule has 0 aromatic heterocycles. The average Bonchev–Trinajstić information content (AvgIpc) is 2.15. The van der Waals surface area contributed by atoms with Crippen LogP contribution >= 0.6 is 0 Å². The van der Waals surface area contributed by atoms with Crippen LogP contribution in [0.15, 0.2) is 0 Å². The Morgan fingerprint density at radius 1 is 0.750 bits per heavy atom. The molecule has 0 heterocycles. The molecule has 0 aliphatic rings. The Labute approximate surface area is 142 Å². The van der Waals surface area contributed by atoms with E-state index >= 15 is 0 Å². The van der Waals surface area contributed by atoms with Crippen LogP contribution in [-0.2, 0) is 21.7 Å². The minimum absolute atomic E-state index is 0. The van der Waals surface area contributed by atoms with Crippen LogP contribution in [0.2, 0.25) is 0 Å². The van der Waals surface area contributed by atoms with Crippen molar-refractivity contribution in [3.8, 4) is 0 Å². The van der Waals surface area contributed by atoms with E-state index in [4.69, 9.17) is 21.1 Å². The van der Waals surface area contributed by atoms with Crippen molar-refractivity contribution in [1.29, 1.82) is 0 Å². The molecular formula is C15H38NO3Ti-. The Kier molecular flexibility index (Phi) is 51.6. The molecule has 4 nitrogen and oxygen atoms in total. The molecule has 126 valence electrons. The van der Waals surface area contributed by atoms with E-state index in [1.54, 1.807) is 41.5 Å². The summed E-state index contributed by atoms with van der Waals surface area (Å²) in [5, 5.41) is 24.2. The van der Waals surface area contributed by atoms with Crippen LogP contribution < -0.4 is 5.73 Å². The topological polar surface area (TPSA) is 86.7 Å². The summed E-state index contributed by atoms with van der Waals surface area (Å²) in [6, 6.07) is 0. The van der Waals surface area contributed by atoms with Crippen molar-refractivity contribution in [1.82, 2.24) is 0 Å². The summed E-state index contributed by atoms with van der Waals surface area (Å²) in [7, 11) is 0. The Bertz CT molecular complexity index is 97.2. The van der Waals surface area contributed by atoms with E-state index in [0.29, 0.717) is 0 Å². The van der Waals surface area contributed by atoms with Crippen molar-refractivity contribution >= 4 is 0 Å². The molecule has 0 atom stereocenters. The van der Waals surface area contributed by atoms with Gasteiger partial charge in [-0.1, -0.05) is 12.8 Å². The van der Waals surface area contributed by atoms with E-state index in [2.05, 4.69) is 6.92 Å². The van der Waals surface area contributed by atoms with Gasteiger partial charge in [0.1, 0.15) is 0 Å². The summed E-state index contributed by atoms with van der Waals surface area (Å²) < 4.78 is 0. The van der Waals surface area contributed by atoms with Crippen molar-refractivity contribution in [3.05, 3.63) is 6.92 Å². The second-order valence-corrected chi connectivity index (χ2v) is 4.98. The summed E-state index contributed by atoms with van der Waals surface area (Å²) >= 11 is 0. The van der Waals surface area contributed by atoms with E-state index in [-0.39, 0.29) is 40.0 Å². The molecule has 0 aromatic rings. The maximum atomic E-state index is 8.06. The minimum Gasteiger partial charge on any atom is -0.394 e.